The summed E-state index contributed by atoms with van der Waals surface area (Å²) in [6.07, 6.45) is -4.39. The molecular weight excluding hydrogens is 401 g/mol. The average molecular weight is 416 g/mol. The molecule has 2 nitrogen and oxygen atoms in total. The maximum absolute atomic E-state index is 13.1. The van der Waals surface area contributed by atoms with Gasteiger partial charge in [-0.15, -0.1) is 21.5 Å². The van der Waals surface area contributed by atoms with E-state index in [-0.39, 0.29) is 0 Å². The third-order valence-corrected chi connectivity index (χ3v) is 6.69. The fraction of sp³-hybridized carbons (Fsp3) is 0.143. The van der Waals surface area contributed by atoms with Crippen molar-refractivity contribution >= 4 is 33.2 Å². The topological polar surface area (TPSA) is 25.8 Å². The lowest BCUT2D eigenvalue weighted by atomic mass is 10.1. The summed E-state index contributed by atoms with van der Waals surface area (Å²) < 4.78 is 40.1. The normalized spacial score (nSPS) is 11.9. The molecule has 0 aliphatic carbocycles. The Morgan fingerprint density at radius 3 is 2.36 bits per heavy atom. The summed E-state index contributed by atoms with van der Waals surface area (Å²) in [4.78, 5) is 1.12. The fourth-order valence-corrected chi connectivity index (χ4v) is 5.00. The van der Waals surface area contributed by atoms with Crippen LogP contribution in [0, 0.1) is 13.8 Å². The molecule has 0 radical (unpaired) electrons. The van der Waals surface area contributed by atoms with Crippen LogP contribution in [-0.4, -0.2) is 10.2 Å². The molecule has 28 heavy (non-hydrogen) atoms. The van der Waals surface area contributed by atoms with E-state index < -0.39 is 11.7 Å². The highest BCUT2D eigenvalue weighted by Gasteiger charge is 2.30. The monoisotopic (exact) mass is 416 g/mol. The van der Waals surface area contributed by atoms with Crippen molar-refractivity contribution in [2.45, 2.75) is 29.9 Å². The molecule has 142 valence electrons. The molecule has 2 aromatic carbocycles. The molecule has 0 amide bonds. The molecule has 0 unspecified atom stereocenters. The number of rotatable bonds is 3. The standard InChI is InChI=1S/C21H15F3N2S2/c1-12-5-3-6-13(2)18(12)28-20-16-9-10-27-19(16)17(25-26-20)14-7-4-8-15(11-14)21(22,23)24/h3-11H,1-2H3. The number of hydrogen-bond donors (Lipinski definition) is 0. The summed E-state index contributed by atoms with van der Waals surface area (Å²) in [5, 5.41) is 12.2. The van der Waals surface area contributed by atoms with Crippen LogP contribution in [0.3, 0.4) is 0 Å². The van der Waals surface area contributed by atoms with E-state index >= 15 is 0 Å². The van der Waals surface area contributed by atoms with Crippen LogP contribution in [0.25, 0.3) is 21.3 Å². The van der Waals surface area contributed by atoms with E-state index in [1.54, 1.807) is 6.07 Å². The number of benzene rings is 2. The molecule has 0 aliphatic rings. The van der Waals surface area contributed by atoms with Gasteiger partial charge in [-0.3, -0.25) is 0 Å². The highest BCUT2D eigenvalue weighted by atomic mass is 32.2. The first kappa shape index (κ1) is 19.0. The van der Waals surface area contributed by atoms with Crippen LogP contribution in [0.5, 0.6) is 0 Å². The number of halogens is 3. The molecule has 0 saturated carbocycles. The van der Waals surface area contributed by atoms with Gasteiger partial charge in [-0.25, -0.2) is 0 Å². The second kappa shape index (κ2) is 7.22. The zero-order valence-corrected chi connectivity index (χ0v) is 16.7. The first-order valence-electron chi connectivity index (χ1n) is 8.50. The minimum absolute atomic E-state index is 0.415. The highest BCUT2D eigenvalue weighted by molar-refractivity contribution is 7.99. The predicted octanol–water partition coefficient (Wildman–Crippen LogP) is 7.15. The van der Waals surface area contributed by atoms with Gasteiger partial charge in [0.25, 0.3) is 0 Å². The Balaban J connectivity index is 1.81. The number of fused-ring (bicyclic) bond motifs is 1. The van der Waals surface area contributed by atoms with Crippen molar-refractivity contribution in [3.05, 3.63) is 70.6 Å². The van der Waals surface area contributed by atoms with Gasteiger partial charge in [0.05, 0.1) is 10.3 Å². The Bertz CT molecular complexity index is 1150. The smallest absolute Gasteiger partial charge is 0.166 e. The second-order valence-electron chi connectivity index (χ2n) is 6.42. The Kier molecular flexibility index (Phi) is 4.89. The van der Waals surface area contributed by atoms with Crippen LogP contribution in [0.15, 0.2) is 63.8 Å². The third kappa shape index (κ3) is 3.52. The third-order valence-electron chi connectivity index (χ3n) is 4.42. The molecule has 2 heterocycles. The molecule has 0 saturated heterocycles. The molecule has 0 fully saturated rings. The summed E-state index contributed by atoms with van der Waals surface area (Å²) in [7, 11) is 0. The van der Waals surface area contributed by atoms with Gasteiger partial charge in [-0.2, -0.15) is 13.2 Å². The summed E-state index contributed by atoms with van der Waals surface area (Å²) >= 11 is 3.00. The van der Waals surface area contributed by atoms with Crippen LogP contribution < -0.4 is 0 Å². The second-order valence-corrected chi connectivity index (χ2v) is 8.33. The molecule has 0 atom stereocenters. The summed E-state index contributed by atoms with van der Waals surface area (Å²) in [5.41, 5.74) is 2.50. The highest BCUT2D eigenvalue weighted by Crippen LogP contribution is 2.40. The molecule has 2 aromatic heterocycles. The van der Waals surface area contributed by atoms with Crippen LogP contribution in [-0.2, 0) is 6.18 Å². The van der Waals surface area contributed by atoms with E-state index in [4.69, 9.17) is 0 Å². The number of alkyl halides is 3. The maximum atomic E-state index is 13.1. The van der Waals surface area contributed by atoms with Gasteiger partial charge in [0.2, 0.25) is 0 Å². The van der Waals surface area contributed by atoms with E-state index in [1.807, 2.05) is 43.5 Å². The fourth-order valence-electron chi connectivity index (χ4n) is 3.02. The van der Waals surface area contributed by atoms with Gasteiger partial charge >= 0.3 is 6.18 Å². The van der Waals surface area contributed by atoms with Gasteiger partial charge in [-0.1, -0.05) is 42.1 Å². The molecule has 4 aromatic rings. The SMILES string of the molecule is Cc1cccc(C)c1Sc1nnc(-c2cccc(C(F)(F)F)c2)c2sccc12. The van der Waals surface area contributed by atoms with Gasteiger partial charge in [0, 0.05) is 15.8 Å². The van der Waals surface area contributed by atoms with E-state index in [0.717, 1.165) is 43.3 Å². The van der Waals surface area contributed by atoms with Crippen molar-refractivity contribution < 1.29 is 13.2 Å². The van der Waals surface area contributed by atoms with E-state index in [0.29, 0.717) is 11.3 Å². The Morgan fingerprint density at radius 1 is 0.929 bits per heavy atom. The van der Waals surface area contributed by atoms with Gasteiger partial charge in [-0.05, 0) is 48.6 Å². The first-order valence-corrected chi connectivity index (χ1v) is 10.2. The van der Waals surface area contributed by atoms with Crippen LogP contribution >= 0.6 is 23.1 Å². The Hall–Kier alpha value is -2.38. The van der Waals surface area contributed by atoms with Crippen molar-refractivity contribution in [1.29, 1.82) is 0 Å². The van der Waals surface area contributed by atoms with E-state index in [9.17, 15) is 13.2 Å². The molecule has 0 bridgehead atoms. The minimum Gasteiger partial charge on any atom is -0.166 e. The largest absolute Gasteiger partial charge is 0.416 e. The maximum Gasteiger partial charge on any atom is 0.416 e. The van der Waals surface area contributed by atoms with Crippen molar-refractivity contribution in [3.8, 4) is 11.3 Å². The van der Waals surface area contributed by atoms with Crippen molar-refractivity contribution in [1.82, 2.24) is 10.2 Å². The molecular formula is C21H15F3N2S2. The minimum atomic E-state index is -4.39. The van der Waals surface area contributed by atoms with Crippen molar-refractivity contribution in [2.24, 2.45) is 0 Å². The first-order chi connectivity index (χ1) is 13.3. The number of aromatic nitrogens is 2. The number of hydrogen-bond acceptors (Lipinski definition) is 4. The van der Waals surface area contributed by atoms with Crippen LogP contribution in [0.4, 0.5) is 13.2 Å². The molecule has 0 spiro atoms. The van der Waals surface area contributed by atoms with Gasteiger partial charge in [0.15, 0.2) is 0 Å². The molecule has 7 heteroatoms. The zero-order chi connectivity index (χ0) is 19.9. The lowest BCUT2D eigenvalue weighted by molar-refractivity contribution is -0.137. The quantitative estimate of drug-likeness (QED) is 0.355. The van der Waals surface area contributed by atoms with Crippen LogP contribution in [0.2, 0.25) is 0 Å². The van der Waals surface area contributed by atoms with Crippen LogP contribution in [0.1, 0.15) is 16.7 Å². The lowest BCUT2D eigenvalue weighted by Crippen LogP contribution is -2.04. The molecule has 0 N–H and O–H groups in total. The zero-order valence-electron chi connectivity index (χ0n) is 15.0. The summed E-state index contributed by atoms with van der Waals surface area (Å²) in [6.45, 7) is 4.09. The average Bonchev–Trinajstić information content (AvgIpc) is 3.14. The number of nitrogens with zero attached hydrogens (tertiary/aromatic N) is 2. The Morgan fingerprint density at radius 2 is 1.64 bits per heavy atom. The number of thiophene rings is 1. The molecule has 0 aliphatic heterocycles. The molecule has 4 rings (SSSR count). The van der Waals surface area contributed by atoms with Gasteiger partial charge < -0.3 is 0 Å². The lowest BCUT2D eigenvalue weighted by Gasteiger charge is -2.11. The Labute approximate surface area is 168 Å². The predicted molar refractivity (Wildman–Crippen MR) is 108 cm³/mol. The number of aryl methyl sites for hydroxylation is 2. The van der Waals surface area contributed by atoms with Gasteiger partial charge in [0.1, 0.15) is 10.7 Å². The summed E-state index contributed by atoms with van der Waals surface area (Å²) in [6, 6.07) is 13.3. The van der Waals surface area contributed by atoms with E-state index in [1.165, 1.54) is 29.2 Å². The van der Waals surface area contributed by atoms with E-state index in [2.05, 4.69) is 10.2 Å². The van der Waals surface area contributed by atoms with Crippen molar-refractivity contribution in [3.63, 3.8) is 0 Å². The summed E-state index contributed by atoms with van der Waals surface area (Å²) in [5.74, 6) is 0. The van der Waals surface area contributed by atoms with Crippen molar-refractivity contribution in [2.75, 3.05) is 0 Å².